The molecular formula is C39H49NO4. The van der Waals surface area contributed by atoms with Crippen molar-refractivity contribution in [2.75, 3.05) is 5.32 Å². The highest BCUT2D eigenvalue weighted by Gasteiger charge is 2.23. The summed E-state index contributed by atoms with van der Waals surface area (Å²) in [5.41, 5.74) is 5.30. The van der Waals surface area contributed by atoms with Gasteiger partial charge in [-0.05, 0) is 105 Å². The second-order valence-electron chi connectivity index (χ2n) is 12.6. The highest BCUT2D eigenvalue weighted by atomic mass is 16.3. The molecule has 0 radical (unpaired) electrons. The van der Waals surface area contributed by atoms with Gasteiger partial charge >= 0.3 is 0 Å². The first-order valence-corrected chi connectivity index (χ1v) is 16.6. The van der Waals surface area contributed by atoms with Gasteiger partial charge in [-0.25, -0.2) is 0 Å². The zero-order chi connectivity index (χ0) is 31.1. The molecule has 0 unspecified atom stereocenters. The van der Waals surface area contributed by atoms with Gasteiger partial charge in [0.2, 0.25) is 0 Å². The summed E-state index contributed by atoms with van der Waals surface area (Å²) in [5.74, 6) is 1.52. The molecule has 1 aliphatic carbocycles. The Kier molecular flexibility index (Phi) is 13.2. The number of amides is 1. The molecule has 0 aliphatic heterocycles. The molecule has 1 amide bonds. The molecule has 3 aromatic rings. The molecule has 4 rings (SSSR count). The number of nitrogens with one attached hydrogen (secondary N) is 1. The first-order valence-electron chi connectivity index (χ1n) is 16.6. The fourth-order valence-corrected chi connectivity index (χ4v) is 6.46. The van der Waals surface area contributed by atoms with Gasteiger partial charge in [0.05, 0.1) is 6.26 Å². The third kappa shape index (κ3) is 10.5. The Hall–Kier alpha value is -3.73. The van der Waals surface area contributed by atoms with Crippen molar-refractivity contribution >= 4 is 23.2 Å². The van der Waals surface area contributed by atoms with Crippen molar-refractivity contribution in [3.63, 3.8) is 0 Å². The molecule has 1 saturated carbocycles. The molecule has 1 N–H and O–H groups in total. The van der Waals surface area contributed by atoms with Crippen LogP contribution in [-0.2, 0) is 17.6 Å². The maximum atomic E-state index is 13.1. The lowest BCUT2D eigenvalue weighted by molar-refractivity contribution is -0.114. The van der Waals surface area contributed by atoms with Crippen LogP contribution >= 0.6 is 0 Å². The van der Waals surface area contributed by atoms with Gasteiger partial charge in [-0.2, -0.15) is 0 Å². The van der Waals surface area contributed by atoms with E-state index >= 15 is 0 Å². The van der Waals surface area contributed by atoms with Gasteiger partial charge in [0.25, 0.3) is 5.91 Å². The van der Waals surface area contributed by atoms with Gasteiger partial charge in [-0.1, -0.05) is 81.5 Å². The van der Waals surface area contributed by atoms with E-state index in [1.54, 1.807) is 12.1 Å². The first kappa shape index (κ1) is 33.2. The average molecular weight is 596 g/mol. The Labute approximate surface area is 263 Å². The Balaban J connectivity index is 1.29. The molecule has 5 nitrogen and oxygen atoms in total. The lowest BCUT2D eigenvalue weighted by Crippen LogP contribution is -2.19. The molecule has 234 valence electrons. The summed E-state index contributed by atoms with van der Waals surface area (Å²) in [4.78, 5) is 37.3. The Morgan fingerprint density at radius 3 is 2.25 bits per heavy atom. The smallest absolute Gasteiger partial charge is 0.291 e. The van der Waals surface area contributed by atoms with E-state index in [-0.39, 0.29) is 23.2 Å². The largest absolute Gasteiger partial charge is 0.459 e. The van der Waals surface area contributed by atoms with Crippen molar-refractivity contribution < 1.29 is 18.8 Å². The van der Waals surface area contributed by atoms with E-state index in [9.17, 15) is 14.4 Å². The van der Waals surface area contributed by atoms with Crippen LogP contribution in [0.1, 0.15) is 121 Å². The topological polar surface area (TPSA) is 76.4 Å². The van der Waals surface area contributed by atoms with Crippen molar-refractivity contribution in [1.82, 2.24) is 0 Å². The van der Waals surface area contributed by atoms with Crippen LogP contribution in [0, 0.1) is 18.8 Å². The molecule has 1 fully saturated rings. The van der Waals surface area contributed by atoms with Crippen LogP contribution in [0.5, 0.6) is 0 Å². The second-order valence-corrected chi connectivity index (χ2v) is 12.6. The summed E-state index contributed by atoms with van der Waals surface area (Å²) in [6, 6.07) is 17.9. The van der Waals surface area contributed by atoms with E-state index in [0.29, 0.717) is 30.0 Å². The Morgan fingerprint density at radius 2 is 1.55 bits per heavy atom. The Morgan fingerprint density at radius 1 is 0.841 bits per heavy atom. The molecule has 44 heavy (non-hydrogen) atoms. The number of Topliss-reactive ketones (excluding diaryl/α,β-unsaturated/α-hetero) is 1. The summed E-state index contributed by atoms with van der Waals surface area (Å²) in [5, 5.41) is 3.04. The average Bonchev–Trinajstić information content (AvgIpc) is 3.59. The van der Waals surface area contributed by atoms with E-state index in [0.717, 1.165) is 62.8 Å². The zero-order valence-corrected chi connectivity index (χ0v) is 26.5. The van der Waals surface area contributed by atoms with Crippen molar-refractivity contribution in [3.05, 3.63) is 102 Å². The predicted molar refractivity (Wildman–Crippen MR) is 178 cm³/mol. The monoisotopic (exact) mass is 595 g/mol. The lowest BCUT2D eigenvalue weighted by atomic mass is 9.77. The van der Waals surface area contributed by atoms with Gasteiger partial charge < -0.3 is 9.73 Å². The van der Waals surface area contributed by atoms with E-state index in [4.69, 9.17) is 4.42 Å². The van der Waals surface area contributed by atoms with Crippen LogP contribution < -0.4 is 5.32 Å². The minimum atomic E-state index is -0.296. The maximum absolute atomic E-state index is 13.1. The molecule has 0 spiro atoms. The number of furan rings is 1. The number of unbranched alkanes of at least 4 members (excludes halogenated alkanes) is 5. The minimum absolute atomic E-state index is 0.107. The Bertz CT molecular complexity index is 1360. The molecule has 1 aliphatic rings. The number of benzene rings is 2. The molecule has 2 aromatic carbocycles. The molecular weight excluding hydrogens is 546 g/mol. The van der Waals surface area contributed by atoms with Crippen LogP contribution in [0.15, 0.2) is 77.9 Å². The second kappa shape index (κ2) is 17.5. The number of hydrogen-bond acceptors (Lipinski definition) is 4. The van der Waals surface area contributed by atoms with Crippen LogP contribution in [0.25, 0.3) is 0 Å². The summed E-state index contributed by atoms with van der Waals surface area (Å²) in [6.07, 6.45) is 18.0. The number of carbonyl (C=O) groups excluding carboxylic acids is 3. The summed E-state index contributed by atoms with van der Waals surface area (Å²) in [6.45, 7) is 5.72. The van der Waals surface area contributed by atoms with Gasteiger partial charge in [0, 0.05) is 24.1 Å². The molecule has 1 aromatic heterocycles. The molecule has 0 saturated heterocycles. The van der Waals surface area contributed by atoms with Crippen LogP contribution in [-0.4, -0.2) is 17.5 Å². The van der Waals surface area contributed by atoms with Gasteiger partial charge in [-0.3, -0.25) is 14.4 Å². The standard InChI is InChI=1S/C39H49NO4/c1-3-35(41)15-8-6-4-5-7-9-16-37(42)34-25-24-33(36(28-34)40-39(43)38-17-12-26-44-38)27-31-20-18-30(19-21-31)22-23-32-14-11-10-13-29(32)2/h3,10-14,17,24-26,28,30-31H,1,4-9,15-16,18-23,27H2,2H3,(H,40,43). The van der Waals surface area contributed by atoms with E-state index in [1.165, 1.54) is 55.6 Å². The zero-order valence-electron chi connectivity index (χ0n) is 26.5. The SMILES string of the molecule is C=CC(=O)CCCCCCCCC(=O)c1ccc(CC2CCC(CCc3ccccc3C)CC2)c(NC(=O)c2ccco2)c1. The van der Waals surface area contributed by atoms with Crippen molar-refractivity contribution in [3.8, 4) is 0 Å². The third-order valence-corrected chi connectivity index (χ3v) is 9.29. The molecule has 1 heterocycles. The van der Waals surface area contributed by atoms with Crippen molar-refractivity contribution in [2.24, 2.45) is 11.8 Å². The van der Waals surface area contributed by atoms with E-state index in [1.807, 2.05) is 18.2 Å². The molecule has 0 bridgehead atoms. The number of rotatable bonds is 18. The van der Waals surface area contributed by atoms with Crippen LogP contribution in [0.4, 0.5) is 5.69 Å². The van der Waals surface area contributed by atoms with Crippen molar-refractivity contribution in [2.45, 2.75) is 103 Å². The summed E-state index contributed by atoms with van der Waals surface area (Å²) in [7, 11) is 0. The highest BCUT2D eigenvalue weighted by Crippen LogP contribution is 2.35. The van der Waals surface area contributed by atoms with Gasteiger partial charge in [-0.15, -0.1) is 0 Å². The fraction of sp³-hybridized carbons (Fsp3) is 0.462. The quantitative estimate of drug-likeness (QED) is 0.0902. The first-order chi connectivity index (χ1) is 21.4. The van der Waals surface area contributed by atoms with Gasteiger partial charge in [0.1, 0.15) is 0 Å². The number of hydrogen-bond donors (Lipinski definition) is 1. The number of carbonyl (C=O) groups is 3. The van der Waals surface area contributed by atoms with Crippen LogP contribution in [0.3, 0.4) is 0 Å². The van der Waals surface area contributed by atoms with E-state index < -0.39 is 0 Å². The minimum Gasteiger partial charge on any atom is -0.459 e. The fourth-order valence-electron chi connectivity index (χ4n) is 6.46. The number of aryl methyl sites for hydroxylation is 2. The molecule has 0 atom stereocenters. The normalized spacial score (nSPS) is 16.4. The predicted octanol–water partition coefficient (Wildman–Crippen LogP) is 9.88. The van der Waals surface area contributed by atoms with Gasteiger partial charge in [0.15, 0.2) is 17.3 Å². The lowest BCUT2D eigenvalue weighted by Gasteiger charge is -2.29. The number of ketones is 2. The summed E-state index contributed by atoms with van der Waals surface area (Å²) < 4.78 is 5.33. The van der Waals surface area contributed by atoms with Crippen LogP contribution in [0.2, 0.25) is 0 Å². The van der Waals surface area contributed by atoms with E-state index in [2.05, 4.69) is 43.1 Å². The number of anilines is 1. The number of allylic oxidation sites excluding steroid dienone is 1. The summed E-state index contributed by atoms with van der Waals surface area (Å²) >= 11 is 0. The highest BCUT2D eigenvalue weighted by molar-refractivity contribution is 6.04. The molecule has 5 heteroatoms. The van der Waals surface area contributed by atoms with Crippen molar-refractivity contribution in [1.29, 1.82) is 0 Å². The maximum Gasteiger partial charge on any atom is 0.291 e. The third-order valence-electron chi connectivity index (χ3n) is 9.29.